The summed E-state index contributed by atoms with van der Waals surface area (Å²) < 4.78 is 90.7. The average Bonchev–Trinajstić information content (AvgIpc) is 3.16. The minimum absolute atomic E-state index is 0.0321. The molecule has 4 N–H and O–H groups in total. The van der Waals surface area contributed by atoms with Crippen molar-refractivity contribution in [2.45, 2.75) is 88.3 Å². The molecule has 4 aliphatic rings. The predicted octanol–water partition coefficient (Wildman–Crippen LogP) is 6.36. The number of anilines is 1. The van der Waals surface area contributed by atoms with E-state index in [-0.39, 0.29) is 23.9 Å². The van der Waals surface area contributed by atoms with Crippen LogP contribution < -0.4 is 25.0 Å². The normalized spacial score (nSPS) is 19.0. The first kappa shape index (κ1) is 43.4. The fraction of sp³-hybridized carbons (Fsp3) is 0.595. The number of carboxylic acid groups (broad SMARTS) is 2. The molecule has 0 atom stereocenters. The van der Waals surface area contributed by atoms with Gasteiger partial charge in [0.05, 0.1) is 0 Å². The van der Waals surface area contributed by atoms with Crippen LogP contribution in [0.5, 0.6) is 11.5 Å². The lowest BCUT2D eigenvalue weighted by molar-refractivity contribution is -0.193. The van der Waals surface area contributed by atoms with Crippen LogP contribution in [0, 0.1) is 5.82 Å². The highest BCUT2D eigenvalue weighted by atomic mass is 19.4. The highest BCUT2D eigenvalue weighted by Crippen LogP contribution is 2.39. The molecule has 3 heterocycles. The van der Waals surface area contributed by atoms with Crippen LogP contribution in [-0.2, 0) is 9.59 Å². The Hall–Kier alpha value is -4.32. The fourth-order valence-corrected chi connectivity index (χ4v) is 6.89. The van der Waals surface area contributed by atoms with Gasteiger partial charge >= 0.3 is 24.3 Å². The topological polar surface area (TPSA) is 141 Å². The molecule has 11 nitrogen and oxygen atoms in total. The lowest BCUT2D eigenvalue weighted by Gasteiger charge is -2.33. The number of hydrogen-bond acceptors (Lipinski definition) is 8. The lowest BCUT2D eigenvalue weighted by Crippen LogP contribution is -2.43. The molecule has 0 spiro atoms. The van der Waals surface area contributed by atoms with Gasteiger partial charge in [0.1, 0.15) is 29.5 Å². The minimum atomic E-state index is -5.08. The average molecular weight is 793 g/mol. The first-order valence-electron chi connectivity index (χ1n) is 18.3. The van der Waals surface area contributed by atoms with E-state index >= 15 is 0 Å². The van der Waals surface area contributed by atoms with Gasteiger partial charge in [0.2, 0.25) is 0 Å². The second-order valence-corrected chi connectivity index (χ2v) is 13.8. The Bertz CT molecular complexity index is 1540. The van der Waals surface area contributed by atoms with Crippen molar-refractivity contribution in [1.29, 1.82) is 0 Å². The summed E-state index contributed by atoms with van der Waals surface area (Å²) in [5.74, 6) is -3.69. The monoisotopic (exact) mass is 792 g/mol. The van der Waals surface area contributed by atoms with E-state index in [9.17, 15) is 35.5 Å². The molecule has 6 rings (SSSR count). The van der Waals surface area contributed by atoms with Gasteiger partial charge in [-0.05, 0) is 74.5 Å². The summed E-state index contributed by atoms with van der Waals surface area (Å²) in [6, 6.07) is 11.1. The van der Waals surface area contributed by atoms with E-state index in [0.29, 0.717) is 24.8 Å². The first-order chi connectivity index (χ1) is 26.0. The molecule has 0 unspecified atom stereocenters. The number of ether oxygens (including phenoxy) is 2. The minimum Gasteiger partial charge on any atom is -0.490 e. The van der Waals surface area contributed by atoms with Gasteiger partial charge in [0.15, 0.2) is 0 Å². The van der Waals surface area contributed by atoms with Crippen molar-refractivity contribution < 1.29 is 64.8 Å². The van der Waals surface area contributed by atoms with E-state index in [2.05, 4.69) is 27.7 Å². The van der Waals surface area contributed by atoms with Crippen molar-refractivity contribution in [1.82, 2.24) is 15.5 Å². The molecule has 1 aliphatic carbocycles. The number of carboxylic acids is 2. The number of piperazine rings is 1. The summed E-state index contributed by atoms with van der Waals surface area (Å²) in [5.41, 5.74) is 2.85. The third-order valence-corrected chi connectivity index (χ3v) is 9.74. The van der Waals surface area contributed by atoms with E-state index in [4.69, 9.17) is 29.3 Å². The van der Waals surface area contributed by atoms with E-state index in [1.807, 2.05) is 17.0 Å². The molecule has 18 heteroatoms. The standard InChI is InChI=1S/C33H45FN4O3.2C2HF3O2/c34-26-21-27(37-18-14-36-15-19-37)23-30(22-26)40-29-10-16-38(17-11-29)33(39)25-6-7-32(41-28-8-12-35-13-9-28)31(20-25)24-4-2-1-3-5-24;2*3-2(4,5)1(6)7/h6-7,20-24,28-29,35-36H,1-5,8-19H2;2*(H,6,7). The molecule has 0 radical (unpaired) electrons. The number of likely N-dealkylation sites (tertiary alicyclic amines) is 1. The Morgan fingerprint density at radius 2 is 1.22 bits per heavy atom. The van der Waals surface area contributed by atoms with Crippen molar-refractivity contribution in [2.24, 2.45) is 0 Å². The molecule has 2 aromatic rings. The maximum atomic E-state index is 14.4. The molecule has 2 aromatic carbocycles. The number of piperidine rings is 2. The second kappa shape index (κ2) is 20.0. The van der Waals surface area contributed by atoms with Crippen LogP contribution in [0.15, 0.2) is 36.4 Å². The number of rotatable bonds is 7. The highest BCUT2D eigenvalue weighted by molar-refractivity contribution is 5.94. The van der Waals surface area contributed by atoms with Crippen LogP contribution in [0.1, 0.15) is 79.6 Å². The van der Waals surface area contributed by atoms with Gasteiger partial charge in [0, 0.05) is 75.5 Å². The van der Waals surface area contributed by atoms with Crippen LogP contribution in [0.3, 0.4) is 0 Å². The third kappa shape index (κ3) is 13.7. The van der Waals surface area contributed by atoms with Gasteiger partial charge in [0.25, 0.3) is 5.91 Å². The number of alkyl halides is 6. The Labute approximate surface area is 314 Å². The molecule has 1 amide bonds. The van der Waals surface area contributed by atoms with E-state index in [0.717, 1.165) is 82.0 Å². The maximum absolute atomic E-state index is 14.4. The van der Waals surface area contributed by atoms with E-state index in [1.54, 1.807) is 6.07 Å². The smallest absolute Gasteiger partial charge is 0.490 e. The second-order valence-electron chi connectivity index (χ2n) is 13.8. The van der Waals surface area contributed by atoms with Crippen molar-refractivity contribution in [2.75, 3.05) is 57.3 Å². The molecule has 0 aromatic heterocycles. The molecule has 4 fully saturated rings. The lowest BCUT2D eigenvalue weighted by atomic mass is 9.83. The molecular formula is C37H47F7N4O7. The SMILES string of the molecule is O=C(O)C(F)(F)F.O=C(O)C(F)(F)F.O=C(c1ccc(OC2CCNCC2)c(C2CCCCC2)c1)N1CCC(Oc2cc(F)cc(N3CCNCC3)c2)CC1. The Balaban J connectivity index is 0.000000410. The molecule has 0 bridgehead atoms. The van der Waals surface area contributed by atoms with E-state index in [1.165, 1.54) is 43.7 Å². The fourth-order valence-electron chi connectivity index (χ4n) is 6.89. The quantitative estimate of drug-likeness (QED) is 0.234. The van der Waals surface area contributed by atoms with Gasteiger partial charge in [-0.1, -0.05) is 19.3 Å². The van der Waals surface area contributed by atoms with Gasteiger partial charge in [-0.3, -0.25) is 4.79 Å². The number of benzene rings is 2. The highest BCUT2D eigenvalue weighted by Gasteiger charge is 2.39. The van der Waals surface area contributed by atoms with Gasteiger partial charge in [-0.25, -0.2) is 14.0 Å². The zero-order chi connectivity index (χ0) is 40.2. The van der Waals surface area contributed by atoms with Crippen molar-refractivity contribution in [3.8, 4) is 11.5 Å². The van der Waals surface area contributed by atoms with Gasteiger partial charge < -0.3 is 40.1 Å². The van der Waals surface area contributed by atoms with Gasteiger partial charge in [-0.2, -0.15) is 26.3 Å². The molecule has 1 saturated carbocycles. The zero-order valence-corrected chi connectivity index (χ0v) is 30.2. The largest absolute Gasteiger partial charge is 0.490 e. The summed E-state index contributed by atoms with van der Waals surface area (Å²) in [4.78, 5) is 35.6. The summed E-state index contributed by atoms with van der Waals surface area (Å²) in [6.07, 6.45) is -0.336. The Morgan fingerprint density at radius 1 is 0.673 bits per heavy atom. The maximum Gasteiger partial charge on any atom is 0.490 e. The number of carbonyl (C=O) groups excluding carboxylic acids is 1. The summed E-state index contributed by atoms with van der Waals surface area (Å²) in [5, 5.41) is 21.0. The van der Waals surface area contributed by atoms with Crippen LogP contribution in [0.4, 0.5) is 36.4 Å². The van der Waals surface area contributed by atoms with Crippen LogP contribution >= 0.6 is 0 Å². The number of aliphatic carboxylic acids is 2. The summed E-state index contributed by atoms with van der Waals surface area (Å²) >= 11 is 0. The number of hydrogen-bond donors (Lipinski definition) is 4. The number of carbonyl (C=O) groups is 3. The number of halogens is 7. The predicted molar refractivity (Wildman–Crippen MR) is 187 cm³/mol. The van der Waals surface area contributed by atoms with Gasteiger partial charge in [-0.15, -0.1) is 0 Å². The number of nitrogens with zero attached hydrogens (tertiary/aromatic N) is 2. The number of amides is 1. The van der Waals surface area contributed by atoms with Crippen LogP contribution in [0.2, 0.25) is 0 Å². The van der Waals surface area contributed by atoms with Crippen LogP contribution in [-0.4, -0.2) is 110 Å². The van der Waals surface area contributed by atoms with Crippen molar-refractivity contribution in [3.05, 3.63) is 53.3 Å². The van der Waals surface area contributed by atoms with Crippen molar-refractivity contribution >= 4 is 23.5 Å². The van der Waals surface area contributed by atoms with Crippen LogP contribution in [0.25, 0.3) is 0 Å². The summed E-state index contributed by atoms with van der Waals surface area (Å²) in [6.45, 7) is 6.77. The molecule has 3 aliphatic heterocycles. The van der Waals surface area contributed by atoms with Crippen molar-refractivity contribution in [3.63, 3.8) is 0 Å². The Morgan fingerprint density at radius 3 is 1.78 bits per heavy atom. The molecule has 3 saturated heterocycles. The van der Waals surface area contributed by atoms with E-state index < -0.39 is 24.3 Å². The summed E-state index contributed by atoms with van der Waals surface area (Å²) in [7, 11) is 0. The molecular weight excluding hydrogens is 745 g/mol. The number of nitrogens with one attached hydrogen (secondary N) is 2. The zero-order valence-electron chi connectivity index (χ0n) is 30.2. The molecule has 306 valence electrons. The Kier molecular flexibility index (Phi) is 15.8. The first-order valence-corrected chi connectivity index (χ1v) is 18.3. The molecule has 55 heavy (non-hydrogen) atoms. The third-order valence-electron chi connectivity index (χ3n) is 9.74.